The minimum Gasteiger partial charge on any atom is -0.480 e. The molecule has 0 spiro atoms. The zero-order valence-electron chi connectivity index (χ0n) is 14.8. The van der Waals surface area contributed by atoms with Gasteiger partial charge < -0.3 is 10.1 Å². The van der Waals surface area contributed by atoms with Gasteiger partial charge in [0.15, 0.2) is 12.4 Å². The molecule has 1 amide bonds. The van der Waals surface area contributed by atoms with E-state index in [4.69, 9.17) is 4.74 Å². The quantitative estimate of drug-likeness (QED) is 0.833. The predicted octanol–water partition coefficient (Wildman–Crippen LogP) is 3.76. The summed E-state index contributed by atoms with van der Waals surface area (Å²) in [5.41, 5.74) is -0.375. The highest BCUT2D eigenvalue weighted by molar-refractivity contribution is 6.01. The van der Waals surface area contributed by atoms with Gasteiger partial charge in [0.05, 0.1) is 11.6 Å². The molecule has 0 aliphatic heterocycles. The van der Waals surface area contributed by atoms with Crippen LogP contribution in [0.1, 0.15) is 49.4 Å². The second kappa shape index (κ2) is 7.57. The summed E-state index contributed by atoms with van der Waals surface area (Å²) in [6.45, 7) is 1.63. The highest BCUT2D eigenvalue weighted by Crippen LogP contribution is 2.29. The minimum atomic E-state index is -0.804. The van der Waals surface area contributed by atoms with Crippen molar-refractivity contribution in [2.45, 2.75) is 50.7 Å². The third-order valence-electron chi connectivity index (χ3n) is 5.01. The average Bonchev–Trinajstić information content (AvgIpc) is 2.68. The average molecular weight is 350 g/mol. The van der Waals surface area contributed by atoms with Gasteiger partial charge in [0.1, 0.15) is 11.3 Å². The number of carbonyl (C=O) groups is 2. The first-order chi connectivity index (χ1) is 12.6. The summed E-state index contributed by atoms with van der Waals surface area (Å²) in [5.74, 6) is 0.0365. The van der Waals surface area contributed by atoms with Crippen molar-refractivity contribution in [3.63, 3.8) is 0 Å². The van der Waals surface area contributed by atoms with E-state index in [2.05, 4.69) is 11.4 Å². The first-order valence-electron chi connectivity index (χ1n) is 8.95. The fourth-order valence-corrected chi connectivity index (χ4v) is 3.50. The molecule has 1 aliphatic rings. The first kappa shape index (κ1) is 17.9. The van der Waals surface area contributed by atoms with Gasteiger partial charge in [-0.25, -0.2) is 0 Å². The number of fused-ring (bicyclic) bond motifs is 1. The Bertz CT molecular complexity index is 863. The molecule has 5 nitrogen and oxygen atoms in total. The predicted molar refractivity (Wildman–Crippen MR) is 99.0 cm³/mol. The number of benzene rings is 2. The summed E-state index contributed by atoms with van der Waals surface area (Å²) >= 11 is 0. The van der Waals surface area contributed by atoms with Crippen LogP contribution >= 0.6 is 0 Å². The molecule has 1 fully saturated rings. The Balaban J connectivity index is 1.78. The van der Waals surface area contributed by atoms with Crippen molar-refractivity contribution in [1.29, 1.82) is 5.26 Å². The molecule has 0 radical (unpaired) electrons. The molecule has 2 aromatic rings. The van der Waals surface area contributed by atoms with Crippen LogP contribution in [0.25, 0.3) is 10.8 Å². The molecule has 3 rings (SSSR count). The van der Waals surface area contributed by atoms with Gasteiger partial charge >= 0.3 is 0 Å². The largest absolute Gasteiger partial charge is 0.480 e. The molecule has 0 saturated heterocycles. The zero-order chi connectivity index (χ0) is 18.6. The summed E-state index contributed by atoms with van der Waals surface area (Å²) < 4.78 is 5.78. The number of carbonyl (C=O) groups excluding carboxylic acids is 2. The Kier molecular flexibility index (Phi) is 5.22. The lowest BCUT2D eigenvalue weighted by molar-refractivity contribution is -0.129. The van der Waals surface area contributed by atoms with Crippen molar-refractivity contribution < 1.29 is 14.3 Å². The number of rotatable bonds is 5. The fraction of sp³-hybridized carbons (Fsp3) is 0.381. The van der Waals surface area contributed by atoms with Crippen molar-refractivity contribution in [3.8, 4) is 11.8 Å². The van der Waals surface area contributed by atoms with Gasteiger partial charge in [-0.15, -0.1) is 0 Å². The van der Waals surface area contributed by atoms with E-state index in [-0.39, 0.29) is 5.91 Å². The van der Waals surface area contributed by atoms with Gasteiger partial charge in [-0.2, -0.15) is 5.26 Å². The number of aldehydes is 1. The van der Waals surface area contributed by atoms with E-state index in [0.717, 1.165) is 36.3 Å². The van der Waals surface area contributed by atoms with Gasteiger partial charge in [0, 0.05) is 0 Å². The molecule has 134 valence electrons. The van der Waals surface area contributed by atoms with Crippen LogP contribution in [0.5, 0.6) is 5.75 Å². The lowest BCUT2D eigenvalue weighted by atomic mass is 9.83. The van der Waals surface area contributed by atoms with Crippen molar-refractivity contribution >= 4 is 23.0 Å². The molecule has 0 aromatic heterocycles. The van der Waals surface area contributed by atoms with Crippen molar-refractivity contribution in [1.82, 2.24) is 5.32 Å². The summed E-state index contributed by atoms with van der Waals surface area (Å²) in [6.07, 6.45) is 4.23. The van der Waals surface area contributed by atoms with Crippen molar-refractivity contribution in [3.05, 3.63) is 42.0 Å². The molecule has 1 saturated carbocycles. The van der Waals surface area contributed by atoms with Gasteiger partial charge in [-0.05, 0) is 36.6 Å². The molecule has 0 heterocycles. The lowest BCUT2D eigenvalue weighted by Crippen LogP contribution is -2.52. The van der Waals surface area contributed by atoms with Crippen molar-refractivity contribution in [2.75, 3.05) is 0 Å². The summed E-state index contributed by atoms with van der Waals surface area (Å²) in [7, 11) is 0. The molecule has 1 aliphatic carbocycles. The monoisotopic (exact) mass is 350 g/mol. The minimum absolute atomic E-state index is 0.335. The lowest BCUT2D eigenvalue weighted by Gasteiger charge is -2.32. The number of nitrogens with zero attached hydrogens (tertiary/aromatic N) is 1. The second-order valence-corrected chi connectivity index (χ2v) is 6.82. The molecule has 0 unspecified atom stereocenters. The molecular formula is C21H22N2O3. The molecule has 1 N–H and O–H groups in total. The Morgan fingerprint density at radius 2 is 1.96 bits per heavy atom. The van der Waals surface area contributed by atoms with Gasteiger partial charge in [0.2, 0.25) is 0 Å². The molecule has 1 atom stereocenters. The number of nitrogens with one attached hydrogen (secondary N) is 1. The smallest absolute Gasteiger partial charge is 0.262 e. The Morgan fingerprint density at radius 3 is 2.65 bits per heavy atom. The zero-order valence-corrected chi connectivity index (χ0v) is 14.8. The number of hydrogen-bond donors (Lipinski definition) is 1. The normalized spacial score (nSPS) is 17.1. The van der Waals surface area contributed by atoms with Crippen LogP contribution in [0.2, 0.25) is 0 Å². The molecule has 2 aromatic carbocycles. The number of hydrogen-bond acceptors (Lipinski definition) is 4. The van der Waals surface area contributed by atoms with Crippen LogP contribution < -0.4 is 10.1 Å². The maximum absolute atomic E-state index is 12.6. The molecule has 26 heavy (non-hydrogen) atoms. The van der Waals surface area contributed by atoms with E-state index in [1.165, 1.54) is 0 Å². The maximum atomic E-state index is 12.6. The van der Waals surface area contributed by atoms with E-state index >= 15 is 0 Å². The van der Waals surface area contributed by atoms with Crippen LogP contribution in [-0.2, 0) is 4.79 Å². The van der Waals surface area contributed by atoms with Gasteiger partial charge in [-0.3, -0.25) is 9.59 Å². The summed E-state index contributed by atoms with van der Waals surface area (Å²) in [4.78, 5) is 24.2. The van der Waals surface area contributed by atoms with E-state index in [1.807, 2.05) is 30.3 Å². The number of ether oxygens (including phenoxy) is 1. The van der Waals surface area contributed by atoms with Crippen LogP contribution in [0, 0.1) is 11.3 Å². The van der Waals surface area contributed by atoms with E-state index in [1.54, 1.807) is 13.0 Å². The molecule has 0 bridgehead atoms. The SMILES string of the molecule is C[C@H](Oc1ccc2ccccc2c1C=O)C(=O)NC1(C#N)CCCCC1. The highest BCUT2D eigenvalue weighted by Gasteiger charge is 2.35. The van der Waals surface area contributed by atoms with Gasteiger partial charge in [-0.1, -0.05) is 49.6 Å². The topological polar surface area (TPSA) is 79.2 Å². The Hall–Kier alpha value is -2.87. The van der Waals surface area contributed by atoms with E-state index in [0.29, 0.717) is 24.2 Å². The van der Waals surface area contributed by atoms with E-state index in [9.17, 15) is 14.9 Å². The Labute approximate surface area is 153 Å². The Morgan fingerprint density at radius 1 is 1.23 bits per heavy atom. The van der Waals surface area contributed by atoms with Crippen LogP contribution in [-0.4, -0.2) is 23.8 Å². The maximum Gasteiger partial charge on any atom is 0.262 e. The third-order valence-corrected chi connectivity index (χ3v) is 5.01. The third kappa shape index (κ3) is 3.55. The van der Waals surface area contributed by atoms with Crippen LogP contribution in [0.15, 0.2) is 36.4 Å². The molecule has 5 heteroatoms. The summed E-state index contributed by atoms with van der Waals surface area (Å²) in [5, 5.41) is 14.1. The van der Waals surface area contributed by atoms with E-state index < -0.39 is 11.6 Å². The fourth-order valence-electron chi connectivity index (χ4n) is 3.50. The number of nitriles is 1. The number of amides is 1. The van der Waals surface area contributed by atoms with Crippen LogP contribution in [0.3, 0.4) is 0 Å². The van der Waals surface area contributed by atoms with Crippen LogP contribution in [0.4, 0.5) is 0 Å². The standard InChI is InChI=1S/C21H22N2O3/c1-15(20(25)23-21(14-22)11-5-2-6-12-21)26-19-10-9-16-7-3-4-8-17(16)18(19)13-24/h3-4,7-10,13,15H,2,5-6,11-12H2,1H3,(H,23,25)/t15-/m0/s1. The highest BCUT2D eigenvalue weighted by atomic mass is 16.5. The van der Waals surface area contributed by atoms with Gasteiger partial charge in [0.25, 0.3) is 5.91 Å². The van der Waals surface area contributed by atoms with Crippen molar-refractivity contribution in [2.24, 2.45) is 0 Å². The second-order valence-electron chi connectivity index (χ2n) is 6.82. The molecular weight excluding hydrogens is 328 g/mol. The summed E-state index contributed by atoms with van der Waals surface area (Å²) in [6, 6.07) is 13.4. The first-order valence-corrected chi connectivity index (χ1v) is 8.95.